The third-order valence-electron chi connectivity index (χ3n) is 4.14. The maximum absolute atomic E-state index is 12.5. The Labute approximate surface area is 155 Å². The Morgan fingerprint density at radius 3 is 2.56 bits per heavy atom. The van der Waals surface area contributed by atoms with Gasteiger partial charge >= 0.3 is 0 Å². The van der Waals surface area contributed by atoms with Crippen LogP contribution in [0.1, 0.15) is 22.8 Å². The predicted molar refractivity (Wildman–Crippen MR) is 103 cm³/mol. The van der Waals surface area contributed by atoms with E-state index in [1.807, 2.05) is 42.5 Å². The minimum atomic E-state index is -0.588. The Morgan fingerprint density at radius 2 is 1.81 bits per heavy atom. The molecule has 7 heteroatoms. The molecule has 0 saturated heterocycles. The van der Waals surface area contributed by atoms with E-state index in [2.05, 4.69) is 10.5 Å². The fraction of sp³-hybridized carbons (Fsp3) is 0.100. The monoisotopic (exact) mass is 363 g/mol. The van der Waals surface area contributed by atoms with Crippen molar-refractivity contribution in [2.75, 3.05) is 7.11 Å². The maximum atomic E-state index is 12.5. The number of hydrazone groups is 1. The predicted octanol–water partition coefficient (Wildman–Crippen LogP) is 3.91. The summed E-state index contributed by atoms with van der Waals surface area (Å²) in [7, 11) is 1.39. The molecule has 3 aromatic rings. The molecule has 0 aliphatic rings. The van der Waals surface area contributed by atoms with Crippen LogP contribution >= 0.6 is 0 Å². The van der Waals surface area contributed by atoms with E-state index < -0.39 is 10.8 Å². The smallest absolute Gasteiger partial charge is 0.275 e. The van der Waals surface area contributed by atoms with E-state index in [1.54, 1.807) is 6.92 Å². The quantitative estimate of drug-likeness (QED) is 0.422. The molecule has 1 N–H and O–H groups in total. The lowest BCUT2D eigenvalue weighted by Gasteiger charge is -2.09. The molecular formula is C20H17N3O4. The van der Waals surface area contributed by atoms with Crippen LogP contribution in [0.25, 0.3) is 10.8 Å². The summed E-state index contributed by atoms with van der Waals surface area (Å²) >= 11 is 0. The van der Waals surface area contributed by atoms with Crippen molar-refractivity contribution in [2.45, 2.75) is 6.92 Å². The van der Waals surface area contributed by atoms with Gasteiger partial charge in [0.1, 0.15) is 5.75 Å². The zero-order valence-corrected chi connectivity index (χ0v) is 14.8. The number of nitro groups is 1. The molecule has 0 bridgehead atoms. The van der Waals surface area contributed by atoms with Crippen LogP contribution in [-0.2, 0) is 0 Å². The van der Waals surface area contributed by atoms with Gasteiger partial charge in [-0.3, -0.25) is 14.9 Å². The summed E-state index contributed by atoms with van der Waals surface area (Å²) < 4.78 is 5.12. The Balaban J connectivity index is 1.90. The molecular weight excluding hydrogens is 346 g/mol. The summed E-state index contributed by atoms with van der Waals surface area (Å²) in [6, 6.07) is 17.5. The largest absolute Gasteiger partial charge is 0.496 e. The molecule has 0 spiro atoms. The van der Waals surface area contributed by atoms with Crippen LogP contribution in [0.2, 0.25) is 0 Å². The number of amides is 1. The molecule has 1 amide bonds. The molecule has 0 aliphatic carbocycles. The zero-order valence-electron chi connectivity index (χ0n) is 14.8. The van der Waals surface area contributed by atoms with Crippen LogP contribution in [0.4, 0.5) is 5.69 Å². The van der Waals surface area contributed by atoms with E-state index in [1.165, 1.54) is 19.2 Å². The van der Waals surface area contributed by atoms with Gasteiger partial charge in [0.05, 0.1) is 23.3 Å². The third kappa shape index (κ3) is 3.77. The lowest BCUT2D eigenvalue weighted by molar-refractivity contribution is -0.384. The topological polar surface area (TPSA) is 93.8 Å². The number of carbonyl (C=O) groups excluding carboxylic acids is 1. The highest BCUT2D eigenvalue weighted by atomic mass is 16.6. The number of non-ortho nitro benzene ring substituents is 1. The number of rotatable bonds is 5. The SMILES string of the molecule is COc1ccc([N+](=O)[O-])cc1C(=O)N/N=C(/C)c1cccc2ccccc12. The van der Waals surface area contributed by atoms with E-state index in [0.29, 0.717) is 5.71 Å². The highest BCUT2D eigenvalue weighted by molar-refractivity contribution is 6.10. The van der Waals surface area contributed by atoms with Crippen LogP contribution in [0.15, 0.2) is 65.8 Å². The number of fused-ring (bicyclic) bond motifs is 1. The first-order valence-corrected chi connectivity index (χ1v) is 8.16. The van der Waals surface area contributed by atoms with Gasteiger partial charge in [-0.2, -0.15) is 5.10 Å². The first-order chi connectivity index (χ1) is 13.0. The average molecular weight is 363 g/mol. The van der Waals surface area contributed by atoms with E-state index in [-0.39, 0.29) is 17.0 Å². The summed E-state index contributed by atoms with van der Waals surface area (Å²) in [6.45, 7) is 1.78. The van der Waals surface area contributed by atoms with Gasteiger partial charge in [-0.05, 0) is 23.8 Å². The summed E-state index contributed by atoms with van der Waals surface area (Å²) in [5.41, 5.74) is 3.80. The van der Waals surface area contributed by atoms with Crippen molar-refractivity contribution in [1.29, 1.82) is 0 Å². The van der Waals surface area contributed by atoms with Crippen LogP contribution in [0, 0.1) is 10.1 Å². The molecule has 0 atom stereocenters. The van der Waals surface area contributed by atoms with Crippen molar-refractivity contribution in [3.05, 3.63) is 81.9 Å². The number of nitrogens with one attached hydrogen (secondary N) is 1. The molecule has 0 radical (unpaired) electrons. The molecule has 27 heavy (non-hydrogen) atoms. The van der Waals surface area contributed by atoms with Gasteiger partial charge in [0, 0.05) is 17.7 Å². The molecule has 0 aromatic heterocycles. The van der Waals surface area contributed by atoms with E-state index >= 15 is 0 Å². The van der Waals surface area contributed by atoms with Crippen LogP contribution in [-0.4, -0.2) is 23.7 Å². The van der Waals surface area contributed by atoms with Gasteiger partial charge in [-0.25, -0.2) is 5.43 Å². The van der Waals surface area contributed by atoms with Gasteiger partial charge in [0.25, 0.3) is 11.6 Å². The van der Waals surface area contributed by atoms with E-state index in [4.69, 9.17) is 4.74 Å². The van der Waals surface area contributed by atoms with Gasteiger partial charge < -0.3 is 4.74 Å². The number of methoxy groups -OCH3 is 1. The fourth-order valence-electron chi connectivity index (χ4n) is 2.78. The second kappa shape index (κ2) is 7.65. The Morgan fingerprint density at radius 1 is 1.07 bits per heavy atom. The minimum absolute atomic E-state index is 0.0427. The van der Waals surface area contributed by atoms with Gasteiger partial charge in [0.2, 0.25) is 0 Å². The number of hydrogen-bond donors (Lipinski definition) is 1. The number of nitro benzene ring substituents is 1. The lowest BCUT2D eigenvalue weighted by atomic mass is 10.0. The Hall–Kier alpha value is -3.74. The molecule has 0 unspecified atom stereocenters. The third-order valence-corrected chi connectivity index (χ3v) is 4.14. The van der Waals surface area contributed by atoms with Crippen molar-refractivity contribution in [3.8, 4) is 5.75 Å². The van der Waals surface area contributed by atoms with Crippen LogP contribution in [0.3, 0.4) is 0 Å². The van der Waals surface area contributed by atoms with Crippen molar-refractivity contribution >= 4 is 28.1 Å². The molecule has 3 rings (SSSR count). The standard InChI is InChI=1S/C20H17N3O4/c1-13(16-9-5-7-14-6-3-4-8-17(14)16)21-22-20(24)18-12-15(23(25)26)10-11-19(18)27-2/h3-12H,1-2H3,(H,22,24)/b21-13-. The number of ether oxygens (including phenoxy) is 1. The zero-order chi connectivity index (χ0) is 19.4. The number of carbonyl (C=O) groups is 1. The highest BCUT2D eigenvalue weighted by Gasteiger charge is 2.17. The highest BCUT2D eigenvalue weighted by Crippen LogP contribution is 2.24. The normalized spacial score (nSPS) is 11.3. The number of nitrogens with zero attached hydrogens (tertiary/aromatic N) is 2. The number of hydrogen-bond acceptors (Lipinski definition) is 5. The minimum Gasteiger partial charge on any atom is -0.496 e. The molecule has 0 heterocycles. The average Bonchev–Trinajstić information content (AvgIpc) is 2.70. The second-order valence-corrected chi connectivity index (χ2v) is 5.81. The van der Waals surface area contributed by atoms with Gasteiger partial charge in [-0.15, -0.1) is 0 Å². The first kappa shape index (κ1) is 18.1. The Bertz CT molecular complexity index is 1050. The van der Waals surface area contributed by atoms with Gasteiger partial charge in [0.15, 0.2) is 0 Å². The van der Waals surface area contributed by atoms with E-state index in [0.717, 1.165) is 22.4 Å². The first-order valence-electron chi connectivity index (χ1n) is 8.16. The van der Waals surface area contributed by atoms with Crippen molar-refractivity contribution in [3.63, 3.8) is 0 Å². The summed E-state index contributed by atoms with van der Waals surface area (Å²) in [5, 5.41) is 17.2. The molecule has 7 nitrogen and oxygen atoms in total. The van der Waals surface area contributed by atoms with Crippen molar-refractivity contribution in [2.24, 2.45) is 5.10 Å². The number of benzene rings is 3. The van der Waals surface area contributed by atoms with Gasteiger partial charge in [-0.1, -0.05) is 42.5 Å². The van der Waals surface area contributed by atoms with Crippen molar-refractivity contribution < 1.29 is 14.5 Å². The van der Waals surface area contributed by atoms with E-state index in [9.17, 15) is 14.9 Å². The van der Waals surface area contributed by atoms with Crippen LogP contribution in [0.5, 0.6) is 5.75 Å². The molecule has 136 valence electrons. The van der Waals surface area contributed by atoms with Crippen LogP contribution < -0.4 is 10.2 Å². The lowest BCUT2D eigenvalue weighted by Crippen LogP contribution is -2.20. The summed E-state index contributed by atoms with van der Waals surface area (Å²) in [4.78, 5) is 22.9. The molecule has 3 aromatic carbocycles. The van der Waals surface area contributed by atoms with Crippen molar-refractivity contribution in [1.82, 2.24) is 5.43 Å². The molecule has 0 fully saturated rings. The Kier molecular flexibility index (Phi) is 5.12. The second-order valence-electron chi connectivity index (χ2n) is 5.81. The summed E-state index contributed by atoms with van der Waals surface area (Å²) in [6.07, 6.45) is 0. The molecule has 0 aliphatic heterocycles. The maximum Gasteiger partial charge on any atom is 0.275 e. The molecule has 0 saturated carbocycles. The summed E-state index contributed by atoms with van der Waals surface area (Å²) in [5.74, 6) is -0.355. The fourth-order valence-corrected chi connectivity index (χ4v) is 2.78.